The van der Waals surface area contributed by atoms with Crippen LogP contribution >= 0.6 is 7.82 Å². The molecule has 0 radical (unpaired) electrons. The summed E-state index contributed by atoms with van der Waals surface area (Å²) in [6.45, 7) is 3.59. The van der Waals surface area contributed by atoms with Crippen molar-refractivity contribution in [1.82, 2.24) is 0 Å². The highest BCUT2D eigenvalue weighted by atomic mass is 31.2. The molecule has 44 heavy (non-hydrogen) atoms. The SMILES string of the molecule is CCCCCCCCCCCCCCCCCCCCCCCC(=O)OC(COC(=O)CCCCCCC)COP(=O)(O)O. The Balaban J connectivity index is 3.73. The van der Waals surface area contributed by atoms with Crippen LogP contribution in [0.25, 0.3) is 0 Å². The topological polar surface area (TPSA) is 119 Å². The van der Waals surface area contributed by atoms with E-state index in [1.807, 2.05) is 0 Å². The lowest BCUT2D eigenvalue weighted by Crippen LogP contribution is -2.29. The summed E-state index contributed by atoms with van der Waals surface area (Å²) in [6.07, 6.45) is 31.7. The van der Waals surface area contributed by atoms with E-state index >= 15 is 0 Å². The molecular weight excluding hydrogens is 579 g/mol. The lowest BCUT2D eigenvalue weighted by molar-refractivity contribution is -0.161. The molecule has 1 unspecified atom stereocenters. The van der Waals surface area contributed by atoms with Crippen molar-refractivity contribution in [3.8, 4) is 0 Å². The molecule has 8 nitrogen and oxygen atoms in total. The second-order valence-electron chi connectivity index (χ2n) is 12.6. The number of phosphoric acid groups is 1. The number of unbranched alkanes of at least 4 members (excludes halogenated alkanes) is 24. The van der Waals surface area contributed by atoms with E-state index in [1.165, 1.54) is 116 Å². The molecule has 0 aromatic heterocycles. The summed E-state index contributed by atoms with van der Waals surface area (Å²) in [6, 6.07) is 0. The molecule has 9 heteroatoms. The van der Waals surface area contributed by atoms with Crippen molar-refractivity contribution in [3.05, 3.63) is 0 Å². The van der Waals surface area contributed by atoms with Gasteiger partial charge in [0.05, 0.1) is 6.61 Å². The van der Waals surface area contributed by atoms with Crippen molar-refractivity contribution in [2.75, 3.05) is 13.2 Å². The normalized spacial score (nSPS) is 12.4. The third-order valence-electron chi connectivity index (χ3n) is 8.13. The predicted molar refractivity (Wildman–Crippen MR) is 179 cm³/mol. The van der Waals surface area contributed by atoms with Crippen LogP contribution in [-0.4, -0.2) is 41.0 Å². The summed E-state index contributed by atoms with van der Waals surface area (Å²) in [4.78, 5) is 42.3. The van der Waals surface area contributed by atoms with Gasteiger partial charge in [-0.25, -0.2) is 4.57 Å². The fraction of sp³-hybridized carbons (Fsp3) is 0.943. The maximum absolute atomic E-state index is 12.3. The highest BCUT2D eigenvalue weighted by Gasteiger charge is 2.22. The standard InChI is InChI=1S/C35H69O8P/c1-3-5-7-9-10-11-12-13-14-15-16-17-18-19-20-21-22-23-24-26-28-30-35(37)43-33(32-42-44(38,39)40)31-41-34(36)29-27-25-8-6-4-2/h33H,3-32H2,1-2H3,(H2,38,39,40). The molecule has 0 rings (SSSR count). The fourth-order valence-electron chi connectivity index (χ4n) is 5.37. The molecule has 0 aromatic carbocycles. The average molecular weight is 649 g/mol. The Morgan fingerprint density at radius 3 is 1.16 bits per heavy atom. The van der Waals surface area contributed by atoms with Crippen molar-refractivity contribution in [3.63, 3.8) is 0 Å². The summed E-state index contributed by atoms with van der Waals surface area (Å²) >= 11 is 0. The van der Waals surface area contributed by atoms with Crippen molar-refractivity contribution in [1.29, 1.82) is 0 Å². The molecule has 0 heterocycles. The van der Waals surface area contributed by atoms with Crippen molar-refractivity contribution >= 4 is 19.8 Å². The zero-order valence-corrected chi connectivity index (χ0v) is 29.5. The number of esters is 2. The van der Waals surface area contributed by atoms with Gasteiger partial charge in [0.25, 0.3) is 0 Å². The number of hydrogen-bond donors (Lipinski definition) is 2. The molecule has 0 aliphatic rings. The monoisotopic (exact) mass is 648 g/mol. The zero-order chi connectivity index (χ0) is 32.6. The van der Waals surface area contributed by atoms with Gasteiger partial charge in [0, 0.05) is 12.8 Å². The summed E-state index contributed by atoms with van der Waals surface area (Å²) in [5, 5.41) is 0. The van der Waals surface area contributed by atoms with E-state index in [2.05, 4.69) is 18.4 Å². The molecule has 1 atom stereocenters. The molecule has 0 aliphatic heterocycles. The fourth-order valence-corrected chi connectivity index (χ4v) is 5.73. The Kier molecular flexibility index (Phi) is 31.3. The first kappa shape index (κ1) is 43.0. The summed E-state index contributed by atoms with van der Waals surface area (Å²) in [5.74, 6) is -0.888. The van der Waals surface area contributed by atoms with Gasteiger partial charge in [-0.2, -0.15) is 0 Å². The Morgan fingerprint density at radius 2 is 0.818 bits per heavy atom. The lowest BCUT2D eigenvalue weighted by Gasteiger charge is -2.18. The molecule has 0 amide bonds. The van der Waals surface area contributed by atoms with Gasteiger partial charge in [0.1, 0.15) is 6.61 Å². The predicted octanol–water partition coefficient (Wildman–Crippen LogP) is 10.5. The van der Waals surface area contributed by atoms with Gasteiger partial charge < -0.3 is 19.3 Å². The number of carbonyl (C=O) groups is 2. The molecule has 2 N–H and O–H groups in total. The number of carbonyl (C=O) groups excluding carboxylic acids is 2. The summed E-state index contributed by atoms with van der Waals surface area (Å²) < 4.78 is 26.1. The van der Waals surface area contributed by atoms with Gasteiger partial charge in [-0.15, -0.1) is 0 Å². The van der Waals surface area contributed by atoms with Gasteiger partial charge in [-0.3, -0.25) is 14.1 Å². The molecule has 0 aliphatic carbocycles. The van der Waals surface area contributed by atoms with Crippen LogP contribution in [0.2, 0.25) is 0 Å². The van der Waals surface area contributed by atoms with Gasteiger partial charge in [-0.1, -0.05) is 168 Å². The summed E-state index contributed by atoms with van der Waals surface area (Å²) in [5.41, 5.74) is 0. The zero-order valence-electron chi connectivity index (χ0n) is 28.6. The van der Waals surface area contributed by atoms with Crippen LogP contribution in [0, 0.1) is 0 Å². The van der Waals surface area contributed by atoms with Gasteiger partial charge >= 0.3 is 19.8 Å². The largest absolute Gasteiger partial charge is 0.469 e. The highest BCUT2D eigenvalue weighted by molar-refractivity contribution is 7.46. The van der Waals surface area contributed by atoms with E-state index in [9.17, 15) is 14.2 Å². The summed E-state index contributed by atoms with van der Waals surface area (Å²) in [7, 11) is -4.73. The lowest BCUT2D eigenvalue weighted by atomic mass is 10.0. The highest BCUT2D eigenvalue weighted by Crippen LogP contribution is 2.36. The Bertz CT molecular complexity index is 696. The first-order valence-corrected chi connectivity index (χ1v) is 19.9. The molecule has 0 saturated heterocycles. The minimum Gasteiger partial charge on any atom is -0.462 e. The maximum atomic E-state index is 12.3. The van der Waals surface area contributed by atoms with Gasteiger partial charge in [-0.05, 0) is 12.8 Å². The van der Waals surface area contributed by atoms with Crippen LogP contribution in [0.5, 0.6) is 0 Å². The van der Waals surface area contributed by atoms with Crippen LogP contribution in [0.15, 0.2) is 0 Å². The van der Waals surface area contributed by atoms with E-state index in [-0.39, 0.29) is 19.4 Å². The van der Waals surface area contributed by atoms with E-state index in [0.29, 0.717) is 6.42 Å². The third kappa shape index (κ3) is 33.9. The number of hydrogen-bond acceptors (Lipinski definition) is 6. The first-order valence-electron chi connectivity index (χ1n) is 18.3. The molecule has 0 fully saturated rings. The number of ether oxygens (including phenoxy) is 2. The molecule has 0 spiro atoms. The molecular formula is C35H69O8P. The molecule has 262 valence electrons. The van der Waals surface area contributed by atoms with E-state index in [4.69, 9.17) is 19.3 Å². The Hall–Kier alpha value is -0.950. The van der Waals surface area contributed by atoms with Crippen LogP contribution in [0.4, 0.5) is 0 Å². The molecule has 0 saturated carbocycles. The van der Waals surface area contributed by atoms with Crippen LogP contribution < -0.4 is 0 Å². The van der Waals surface area contributed by atoms with Crippen molar-refractivity contribution in [2.45, 2.75) is 200 Å². The van der Waals surface area contributed by atoms with Crippen molar-refractivity contribution in [2.24, 2.45) is 0 Å². The Morgan fingerprint density at radius 1 is 0.500 bits per heavy atom. The van der Waals surface area contributed by atoms with Crippen LogP contribution in [0.3, 0.4) is 0 Å². The van der Waals surface area contributed by atoms with E-state index in [0.717, 1.165) is 44.9 Å². The second kappa shape index (κ2) is 32.0. The third-order valence-corrected chi connectivity index (χ3v) is 8.61. The minimum atomic E-state index is -4.73. The maximum Gasteiger partial charge on any atom is 0.469 e. The average Bonchev–Trinajstić information content (AvgIpc) is 2.98. The van der Waals surface area contributed by atoms with Gasteiger partial charge in [0.2, 0.25) is 0 Å². The van der Waals surface area contributed by atoms with Crippen molar-refractivity contribution < 1.29 is 37.9 Å². The molecule has 0 aromatic rings. The number of rotatable bonds is 34. The number of phosphoric ester groups is 1. The smallest absolute Gasteiger partial charge is 0.462 e. The van der Waals surface area contributed by atoms with E-state index in [1.54, 1.807) is 0 Å². The molecule has 0 bridgehead atoms. The second-order valence-corrected chi connectivity index (χ2v) is 13.8. The van der Waals surface area contributed by atoms with Crippen LogP contribution in [0.1, 0.15) is 194 Å². The van der Waals surface area contributed by atoms with E-state index < -0.39 is 32.5 Å². The van der Waals surface area contributed by atoms with Gasteiger partial charge in [0.15, 0.2) is 6.10 Å². The first-order chi connectivity index (χ1) is 21.3. The Labute approximate surface area is 270 Å². The van der Waals surface area contributed by atoms with Crippen LogP contribution in [-0.2, 0) is 28.2 Å². The quantitative estimate of drug-likeness (QED) is 0.0402. The minimum absolute atomic E-state index is 0.219.